The molecule has 3 aliphatic rings. The minimum Gasteiger partial charge on any atom is -0.481 e. The van der Waals surface area contributed by atoms with E-state index in [-0.39, 0.29) is 43.9 Å². The van der Waals surface area contributed by atoms with E-state index in [4.69, 9.17) is 4.74 Å². The summed E-state index contributed by atoms with van der Waals surface area (Å²) >= 11 is 0. The van der Waals surface area contributed by atoms with Gasteiger partial charge in [0.1, 0.15) is 18.6 Å². The SMILES string of the molecule is O=C(NC[C@H](NC(=O)c1ccc(-c2ccccc2)cc1)C(=O)NC1CCC2NCC(C(=O)O)C(=O)C2C1)OCC1c2ccccc2-c2ccccc21. The highest BCUT2D eigenvalue weighted by atomic mass is 16.5. The highest BCUT2D eigenvalue weighted by molar-refractivity contribution is 6.01. The number of rotatable bonds is 10. The van der Waals surface area contributed by atoms with Crippen LogP contribution < -0.4 is 21.3 Å². The van der Waals surface area contributed by atoms with E-state index in [1.165, 1.54) is 0 Å². The zero-order valence-corrected chi connectivity index (χ0v) is 28.4. The maximum Gasteiger partial charge on any atom is 0.407 e. The summed E-state index contributed by atoms with van der Waals surface area (Å²) in [5.41, 5.74) is 6.58. The van der Waals surface area contributed by atoms with Gasteiger partial charge in [0.25, 0.3) is 5.91 Å². The third-order valence-corrected chi connectivity index (χ3v) is 10.5. The Balaban J connectivity index is 1.02. The van der Waals surface area contributed by atoms with Gasteiger partial charge in [-0.1, -0.05) is 91.0 Å². The number of alkyl carbamates (subject to hydrolysis) is 1. The second-order valence-corrected chi connectivity index (χ2v) is 13.6. The summed E-state index contributed by atoms with van der Waals surface area (Å²) in [5, 5.41) is 21.1. The number of fused-ring (bicyclic) bond motifs is 4. The Kier molecular flexibility index (Phi) is 10.1. The lowest BCUT2D eigenvalue weighted by Crippen LogP contribution is -2.59. The Morgan fingerprint density at radius 3 is 2.12 bits per heavy atom. The third kappa shape index (κ3) is 7.31. The minimum absolute atomic E-state index is 0.0842. The first kappa shape index (κ1) is 34.6. The van der Waals surface area contributed by atoms with Gasteiger partial charge in [0.2, 0.25) is 5.91 Å². The van der Waals surface area contributed by atoms with E-state index in [2.05, 4.69) is 21.3 Å². The molecule has 0 aromatic heterocycles. The van der Waals surface area contributed by atoms with Crippen molar-refractivity contribution in [2.24, 2.45) is 11.8 Å². The van der Waals surface area contributed by atoms with Gasteiger partial charge in [-0.15, -0.1) is 0 Å². The highest BCUT2D eigenvalue weighted by Gasteiger charge is 2.44. The molecule has 0 radical (unpaired) electrons. The number of piperidine rings is 1. The number of carbonyl (C=O) groups excluding carboxylic acids is 4. The summed E-state index contributed by atoms with van der Waals surface area (Å²) < 4.78 is 5.68. The molecule has 7 rings (SSSR count). The van der Waals surface area contributed by atoms with Crippen molar-refractivity contribution in [1.82, 2.24) is 21.3 Å². The summed E-state index contributed by atoms with van der Waals surface area (Å²) in [7, 11) is 0. The van der Waals surface area contributed by atoms with Crippen molar-refractivity contribution >= 4 is 29.7 Å². The van der Waals surface area contributed by atoms with Crippen LogP contribution in [0, 0.1) is 11.8 Å². The Hall–Kier alpha value is -5.81. The predicted molar refractivity (Wildman–Crippen MR) is 193 cm³/mol. The van der Waals surface area contributed by atoms with Gasteiger partial charge in [-0.05, 0) is 64.8 Å². The van der Waals surface area contributed by atoms with Crippen LogP contribution in [0.2, 0.25) is 0 Å². The van der Waals surface area contributed by atoms with E-state index in [9.17, 15) is 29.1 Å². The van der Waals surface area contributed by atoms with Gasteiger partial charge in [-0.25, -0.2) is 4.79 Å². The lowest BCUT2D eigenvalue weighted by molar-refractivity contribution is -0.150. The van der Waals surface area contributed by atoms with Gasteiger partial charge in [-0.2, -0.15) is 0 Å². The Morgan fingerprint density at radius 1 is 0.808 bits per heavy atom. The molecule has 0 spiro atoms. The molecule has 1 saturated heterocycles. The van der Waals surface area contributed by atoms with Crippen molar-refractivity contribution in [1.29, 1.82) is 0 Å². The van der Waals surface area contributed by atoms with E-state index >= 15 is 0 Å². The molecule has 4 unspecified atom stereocenters. The second-order valence-electron chi connectivity index (χ2n) is 13.6. The molecule has 1 saturated carbocycles. The lowest BCUT2D eigenvalue weighted by Gasteiger charge is -2.41. The number of nitrogens with one attached hydrogen (secondary N) is 4. The average molecular weight is 701 g/mol. The summed E-state index contributed by atoms with van der Waals surface area (Å²) in [6.45, 7) is -0.0775. The second kappa shape index (κ2) is 15.2. The van der Waals surface area contributed by atoms with E-state index in [1.54, 1.807) is 12.1 Å². The number of Topliss-reactive ketones (excluding diaryl/α,β-unsaturated/α-hetero) is 1. The first-order chi connectivity index (χ1) is 25.3. The Bertz CT molecular complexity index is 1940. The number of carboxylic acids is 1. The average Bonchev–Trinajstić information content (AvgIpc) is 3.49. The van der Waals surface area contributed by atoms with Gasteiger partial charge in [0.05, 0.1) is 6.54 Å². The van der Waals surface area contributed by atoms with Crippen molar-refractivity contribution in [3.05, 3.63) is 120 Å². The number of amides is 3. The van der Waals surface area contributed by atoms with Crippen LogP contribution in [0.3, 0.4) is 0 Å². The van der Waals surface area contributed by atoms with Crippen molar-refractivity contribution in [3.8, 4) is 22.3 Å². The van der Waals surface area contributed by atoms with Crippen LogP contribution in [0.5, 0.6) is 0 Å². The lowest BCUT2D eigenvalue weighted by atomic mass is 9.73. The first-order valence-corrected chi connectivity index (χ1v) is 17.6. The molecule has 266 valence electrons. The van der Waals surface area contributed by atoms with Crippen molar-refractivity contribution in [2.45, 2.75) is 43.3 Å². The van der Waals surface area contributed by atoms with E-state index < -0.39 is 47.8 Å². The van der Waals surface area contributed by atoms with Crippen molar-refractivity contribution in [3.63, 3.8) is 0 Å². The number of carbonyl (C=O) groups is 5. The highest BCUT2D eigenvalue weighted by Crippen LogP contribution is 2.44. The summed E-state index contributed by atoms with van der Waals surface area (Å²) in [4.78, 5) is 65.0. The van der Waals surface area contributed by atoms with E-state index in [1.807, 2.05) is 91.0 Å². The van der Waals surface area contributed by atoms with Crippen LogP contribution in [-0.4, -0.2) is 72.6 Å². The van der Waals surface area contributed by atoms with Gasteiger partial charge >= 0.3 is 12.1 Å². The monoisotopic (exact) mass is 700 g/mol. The van der Waals surface area contributed by atoms with Gasteiger partial charge in [-0.3, -0.25) is 19.2 Å². The van der Waals surface area contributed by atoms with E-state index in [0.29, 0.717) is 18.4 Å². The van der Waals surface area contributed by atoms with Crippen molar-refractivity contribution < 1.29 is 33.8 Å². The third-order valence-electron chi connectivity index (χ3n) is 10.5. The largest absolute Gasteiger partial charge is 0.481 e. The molecule has 11 heteroatoms. The molecule has 0 bridgehead atoms. The zero-order chi connectivity index (χ0) is 36.2. The molecule has 4 aromatic carbocycles. The van der Waals surface area contributed by atoms with Gasteiger partial charge < -0.3 is 31.1 Å². The molecule has 5 N–H and O–H groups in total. The molecule has 52 heavy (non-hydrogen) atoms. The quantitative estimate of drug-likeness (QED) is 0.151. The molecular formula is C41H40N4O7. The maximum atomic E-state index is 13.8. The number of aliphatic carboxylic acids is 1. The fourth-order valence-corrected chi connectivity index (χ4v) is 7.73. The summed E-state index contributed by atoms with van der Waals surface area (Å²) in [5.74, 6) is -4.38. The van der Waals surface area contributed by atoms with Crippen LogP contribution in [-0.2, 0) is 19.1 Å². The Morgan fingerprint density at radius 2 is 1.44 bits per heavy atom. The van der Waals surface area contributed by atoms with Crippen LogP contribution in [0.4, 0.5) is 4.79 Å². The first-order valence-electron chi connectivity index (χ1n) is 17.6. The Labute approximate surface area is 301 Å². The topological polar surface area (TPSA) is 163 Å². The molecule has 5 atom stereocenters. The number of hydrogen-bond donors (Lipinski definition) is 5. The van der Waals surface area contributed by atoms with E-state index in [0.717, 1.165) is 33.4 Å². The van der Waals surface area contributed by atoms with Gasteiger partial charge in [0.15, 0.2) is 5.78 Å². The number of benzene rings is 4. The summed E-state index contributed by atoms with van der Waals surface area (Å²) in [6.07, 6.45) is 0.677. The normalized spacial score (nSPS) is 21.1. The molecule has 1 heterocycles. The van der Waals surface area contributed by atoms with Gasteiger partial charge in [0, 0.05) is 36.0 Å². The van der Waals surface area contributed by atoms with Crippen LogP contribution in [0.15, 0.2) is 103 Å². The molecule has 11 nitrogen and oxygen atoms in total. The molecular weight excluding hydrogens is 660 g/mol. The maximum absolute atomic E-state index is 13.8. The fraction of sp³-hybridized carbons (Fsp3) is 0.293. The minimum atomic E-state index is -1.17. The van der Waals surface area contributed by atoms with Crippen LogP contribution >= 0.6 is 0 Å². The number of hydrogen-bond acceptors (Lipinski definition) is 7. The smallest absolute Gasteiger partial charge is 0.407 e. The predicted octanol–water partition coefficient (Wildman–Crippen LogP) is 4.52. The molecule has 1 aliphatic heterocycles. The standard InChI is InChI=1S/C41H40N4O7/c46-37-32-20-27(18-19-35(32)42-21-33(37)40(49)50)44-39(48)36(45-38(47)26-16-14-25(15-17-26)24-8-2-1-3-9-24)22-43-41(51)52-23-34-30-12-6-4-10-28(30)29-11-5-7-13-31(29)34/h1-17,27,32-36,42H,18-23H2,(H,43,51)(H,44,48)(H,45,47)(H,49,50)/t27?,32?,33?,35?,36-/m0/s1. The zero-order valence-electron chi connectivity index (χ0n) is 28.4. The molecule has 2 aliphatic carbocycles. The van der Waals surface area contributed by atoms with Crippen LogP contribution in [0.25, 0.3) is 22.3 Å². The number of ketones is 1. The molecule has 3 amide bonds. The number of ether oxygens (including phenoxy) is 1. The fourth-order valence-electron chi connectivity index (χ4n) is 7.73. The van der Waals surface area contributed by atoms with Crippen LogP contribution in [0.1, 0.15) is 46.7 Å². The molecule has 4 aromatic rings. The summed E-state index contributed by atoms with van der Waals surface area (Å²) in [6, 6.07) is 31.0. The van der Waals surface area contributed by atoms with Crippen molar-refractivity contribution in [2.75, 3.05) is 19.7 Å². The molecule has 2 fully saturated rings. The number of carboxylic acid groups (broad SMARTS) is 1.